The van der Waals surface area contributed by atoms with Gasteiger partial charge in [0.05, 0.1) is 11.9 Å². The molecule has 178 valence electrons. The fourth-order valence-corrected chi connectivity index (χ4v) is 4.40. The molecular formula is C26H25ClN6O2. The number of carbonyl (C=O) groups excluding carboxylic acids is 2. The Labute approximate surface area is 207 Å². The van der Waals surface area contributed by atoms with Crippen LogP contribution in [0.1, 0.15) is 40.9 Å². The van der Waals surface area contributed by atoms with Gasteiger partial charge in [-0.1, -0.05) is 41.9 Å². The summed E-state index contributed by atoms with van der Waals surface area (Å²) in [6.07, 6.45) is 1.92. The van der Waals surface area contributed by atoms with Gasteiger partial charge in [0, 0.05) is 48.7 Å². The highest BCUT2D eigenvalue weighted by atomic mass is 35.5. The predicted octanol–water partition coefficient (Wildman–Crippen LogP) is 4.58. The molecule has 2 amide bonds. The third kappa shape index (κ3) is 4.83. The Morgan fingerprint density at radius 3 is 2.63 bits per heavy atom. The quantitative estimate of drug-likeness (QED) is 0.397. The smallest absolute Gasteiger partial charge is 0.261 e. The summed E-state index contributed by atoms with van der Waals surface area (Å²) in [7, 11) is 0. The number of carbonyl (C=O) groups is 2. The minimum absolute atomic E-state index is 0.0493. The van der Waals surface area contributed by atoms with Gasteiger partial charge < -0.3 is 15.5 Å². The van der Waals surface area contributed by atoms with Crippen LogP contribution in [0, 0.1) is 0 Å². The molecule has 35 heavy (non-hydrogen) atoms. The first-order chi connectivity index (χ1) is 17.0. The molecule has 4 aromatic rings. The number of anilines is 2. The number of hydrogen-bond acceptors (Lipinski definition) is 5. The first kappa shape index (κ1) is 22.9. The zero-order chi connectivity index (χ0) is 24.4. The molecule has 2 N–H and O–H groups in total. The molecule has 0 aliphatic carbocycles. The fourth-order valence-electron chi connectivity index (χ4n) is 4.27. The van der Waals surface area contributed by atoms with Gasteiger partial charge in [-0.3, -0.25) is 9.59 Å². The first-order valence-corrected chi connectivity index (χ1v) is 11.9. The maximum Gasteiger partial charge on any atom is 0.261 e. The number of amides is 2. The average molecular weight is 489 g/mol. The van der Waals surface area contributed by atoms with E-state index in [1.165, 1.54) is 6.20 Å². The highest BCUT2D eigenvalue weighted by Crippen LogP contribution is 2.30. The minimum Gasteiger partial charge on any atom is -0.366 e. The van der Waals surface area contributed by atoms with Crippen LogP contribution >= 0.6 is 11.6 Å². The van der Waals surface area contributed by atoms with Crippen LogP contribution in [0.5, 0.6) is 0 Å². The van der Waals surface area contributed by atoms with Gasteiger partial charge in [-0.15, -0.1) is 0 Å². The molecule has 1 atom stereocenters. The van der Waals surface area contributed by atoms with Crippen LogP contribution in [-0.4, -0.2) is 44.4 Å². The van der Waals surface area contributed by atoms with E-state index >= 15 is 0 Å². The van der Waals surface area contributed by atoms with Crippen LogP contribution in [-0.2, 0) is 11.3 Å². The Hall–Kier alpha value is -3.91. The number of likely N-dealkylation sites (N-methyl/N-ethyl adjacent to an activating group) is 1. The lowest BCUT2D eigenvalue weighted by atomic mass is 10.0. The molecule has 0 bridgehead atoms. The van der Waals surface area contributed by atoms with Gasteiger partial charge in [0.25, 0.3) is 5.91 Å². The lowest BCUT2D eigenvalue weighted by Crippen LogP contribution is -2.24. The molecular weight excluding hydrogens is 464 g/mol. The molecule has 1 unspecified atom stereocenters. The number of fused-ring (bicyclic) bond motifs is 1. The maximum absolute atomic E-state index is 13.1. The summed E-state index contributed by atoms with van der Waals surface area (Å²) >= 11 is 5.96. The number of benzene rings is 2. The van der Waals surface area contributed by atoms with Crippen molar-refractivity contribution in [2.45, 2.75) is 25.8 Å². The number of nitrogens with zero attached hydrogens (tertiary/aromatic N) is 4. The van der Waals surface area contributed by atoms with E-state index in [0.29, 0.717) is 53.8 Å². The van der Waals surface area contributed by atoms with Crippen LogP contribution in [0.2, 0.25) is 5.02 Å². The van der Waals surface area contributed by atoms with Crippen molar-refractivity contribution in [2.75, 3.05) is 23.7 Å². The summed E-state index contributed by atoms with van der Waals surface area (Å²) in [6, 6.07) is 18.9. The molecule has 2 aromatic carbocycles. The third-order valence-electron chi connectivity index (χ3n) is 6.17. The van der Waals surface area contributed by atoms with Crippen molar-refractivity contribution < 1.29 is 9.59 Å². The molecule has 9 heteroatoms. The molecule has 0 radical (unpaired) electrons. The van der Waals surface area contributed by atoms with Gasteiger partial charge in [-0.05, 0) is 36.8 Å². The lowest BCUT2D eigenvalue weighted by Gasteiger charge is -2.15. The summed E-state index contributed by atoms with van der Waals surface area (Å²) in [4.78, 5) is 32.2. The van der Waals surface area contributed by atoms with Crippen LogP contribution in [0.4, 0.5) is 11.5 Å². The van der Waals surface area contributed by atoms with Crippen molar-refractivity contribution in [1.82, 2.24) is 19.5 Å². The van der Waals surface area contributed by atoms with Crippen molar-refractivity contribution in [1.29, 1.82) is 0 Å². The Morgan fingerprint density at radius 1 is 1.14 bits per heavy atom. The number of likely N-dealkylation sites (tertiary alicyclic amines) is 1. The minimum atomic E-state index is -0.321. The fraction of sp³-hybridized carbons (Fsp3) is 0.231. The first-order valence-electron chi connectivity index (χ1n) is 11.5. The molecule has 0 spiro atoms. The van der Waals surface area contributed by atoms with Gasteiger partial charge in [0.15, 0.2) is 5.65 Å². The summed E-state index contributed by atoms with van der Waals surface area (Å²) in [5.41, 5.74) is 3.28. The highest BCUT2D eigenvalue weighted by Gasteiger charge is 2.31. The van der Waals surface area contributed by atoms with Gasteiger partial charge in [0.2, 0.25) is 5.91 Å². The number of halogens is 1. The summed E-state index contributed by atoms with van der Waals surface area (Å²) < 4.78 is 1.64. The molecule has 1 aliphatic rings. The molecule has 5 rings (SSSR count). The van der Waals surface area contributed by atoms with Gasteiger partial charge in [-0.25, -0.2) is 4.98 Å². The van der Waals surface area contributed by atoms with Crippen LogP contribution < -0.4 is 10.6 Å². The molecule has 3 heterocycles. The normalized spacial score (nSPS) is 15.5. The van der Waals surface area contributed by atoms with E-state index in [2.05, 4.69) is 15.7 Å². The molecule has 8 nitrogen and oxygen atoms in total. The topological polar surface area (TPSA) is 91.6 Å². The van der Waals surface area contributed by atoms with Crippen molar-refractivity contribution in [2.24, 2.45) is 0 Å². The van der Waals surface area contributed by atoms with E-state index in [9.17, 15) is 9.59 Å². The van der Waals surface area contributed by atoms with Gasteiger partial charge in [0.1, 0.15) is 11.4 Å². The maximum atomic E-state index is 13.1. The summed E-state index contributed by atoms with van der Waals surface area (Å²) in [6.45, 7) is 3.82. The van der Waals surface area contributed by atoms with E-state index in [0.717, 1.165) is 11.3 Å². The summed E-state index contributed by atoms with van der Waals surface area (Å²) in [5, 5.41) is 11.4. The average Bonchev–Trinajstić information content (AvgIpc) is 3.48. The van der Waals surface area contributed by atoms with Gasteiger partial charge in [-0.2, -0.15) is 9.61 Å². The second-order valence-corrected chi connectivity index (χ2v) is 8.93. The monoisotopic (exact) mass is 488 g/mol. The van der Waals surface area contributed by atoms with E-state index < -0.39 is 0 Å². The number of rotatable bonds is 7. The highest BCUT2D eigenvalue weighted by molar-refractivity contribution is 6.30. The second-order valence-electron chi connectivity index (χ2n) is 8.49. The predicted molar refractivity (Wildman–Crippen MR) is 136 cm³/mol. The Morgan fingerprint density at radius 2 is 1.91 bits per heavy atom. The van der Waals surface area contributed by atoms with Gasteiger partial charge >= 0.3 is 0 Å². The number of nitrogens with one attached hydrogen (secondary N) is 2. The summed E-state index contributed by atoms with van der Waals surface area (Å²) in [5.74, 6) is 0.458. The molecule has 0 saturated carbocycles. The molecule has 2 aromatic heterocycles. The largest absolute Gasteiger partial charge is 0.366 e. The zero-order valence-corrected chi connectivity index (χ0v) is 20.0. The Kier molecular flexibility index (Phi) is 6.37. The zero-order valence-electron chi connectivity index (χ0n) is 19.2. The van der Waals surface area contributed by atoms with Crippen LogP contribution in [0.3, 0.4) is 0 Å². The SMILES string of the molecule is CCN1CC(c2cc(NCc3ccccc3)n3ncc(C(=O)Nc4ccc(Cl)cc4)c3n2)CC1=O. The van der Waals surface area contributed by atoms with Crippen molar-refractivity contribution >= 4 is 40.6 Å². The van der Waals surface area contributed by atoms with E-state index in [1.54, 1.807) is 28.8 Å². The van der Waals surface area contributed by atoms with Crippen molar-refractivity contribution in [3.8, 4) is 0 Å². The third-order valence-corrected chi connectivity index (χ3v) is 6.42. The Bertz CT molecular complexity index is 1370. The van der Waals surface area contributed by atoms with E-state index in [1.807, 2.05) is 48.2 Å². The van der Waals surface area contributed by atoms with E-state index in [-0.39, 0.29) is 17.7 Å². The standard InChI is InChI=1S/C26H25ClN6O2/c1-2-32-16-18(12-24(32)34)22-13-23(28-14-17-6-4-3-5-7-17)33-25(31-22)21(15-29-33)26(35)30-20-10-8-19(27)9-11-20/h3-11,13,15,18,28H,2,12,14,16H2,1H3,(H,30,35). The number of aromatic nitrogens is 3. The van der Waals surface area contributed by atoms with E-state index in [4.69, 9.17) is 16.6 Å². The molecule has 1 saturated heterocycles. The molecule has 1 fully saturated rings. The van der Waals surface area contributed by atoms with Crippen molar-refractivity contribution in [3.63, 3.8) is 0 Å². The number of hydrogen-bond donors (Lipinski definition) is 2. The van der Waals surface area contributed by atoms with Crippen LogP contribution in [0.15, 0.2) is 66.9 Å². The molecule has 1 aliphatic heterocycles. The Balaban J connectivity index is 1.50. The lowest BCUT2D eigenvalue weighted by molar-refractivity contribution is -0.127. The second kappa shape index (κ2) is 9.76. The van der Waals surface area contributed by atoms with Crippen molar-refractivity contribution in [3.05, 3.63) is 88.7 Å². The van der Waals surface area contributed by atoms with Crippen LogP contribution in [0.25, 0.3) is 5.65 Å².